The molecular weight excluding hydrogens is 383 g/mol. The molecule has 29 heavy (non-hydrogen) atoms. The molecule has 0 radical (unpaired) electrons. The van der Waals surface area contributed by atoms with E-state index < -0.39 is 11.7 Å². The first kappa shape index (κ1) is 22.8. The summed E-state index contributed by atoms with van der Waals surface area (Å²) in [5.74, 6) is 0.227. The molecule has 0 saturated carbocycles. The first-order valence-electron chi connectivity index (χ1n) is 9.91. The Morgan fingerprint density at radius 3 is 2.34 bits per heavy atom. The first-order chi connectivity index (χ1) is 13.9. The van der Waals surface area contributed by atoms with E-state index in [9.17, 15) is 13.2 Å². The van der Waals surface area contributed by atoms with Gasteiger partial charge in [0.15, 0.2) is 5.82 Å². The Balaban J connectivity index is 2.35. The van der Waals surface area contributed by atoms with Crippen molar-refractivity contribution in [2.75, 3.05) is 25.2 Å². The summed E-state index contributed by atoms with van der Waals surface area (Å²) in [5.41, 5.74) is -0.436. The molecule has 0 N–H and O–H groups in total. The molecule has 0 amide bonds. The van der Waals surface area contributed by atoms with Gasteiger partial charge in [-0.15, -0.1) is 0 Å². The van der Waals surface area contributed by atoms with Crippen LogP contribution in [0.5, 0.6) is 11.8 Å². The Morgan fingerprint density at radius 2 is 1.66 bits per heavy atom. The van der Waals surface area contributed by atoms with Crippen LogP contribution in [0.25, 0.3) is 0 Å². The molecule has 5 nitrogen and oxygen atoms in total. The number of rotatable bonds is 11. The van der Waals surface area contributed by atoms with Crippen LogP contribution >= 0.6 is 0 Å². The molecular formula is C21H28F3N3O2. The average Bonchev–Trinajstić information content (AvgIpc) is 2.70. The lowest BCUT2D eigenvalue weighted by Gasteiger charge is -2.24. The molecule has 1 aromatic heterocycles. The number of anilines is 2. The molecule has 160 valence electrons. The summed E-state index contributed by atoms with van der Waals surface area (Å²) >= 11 is 0. The van der Waals surface area contributed by atoms with Crippen molar-refractivity contribution in [3.8, 4) is 11.8 Å². The zero-order chi connectivity index (χ0) is 21.3. The van der Waals surface area contributed by atoms with E-state index in [1.807, 2.05) is 6.92 Å². The third-order valence-corrected chi connectivity index (χ3v) is 4.33. The van der Waals surface area contributed by atoms with E-state index in [0.717, 1.165) is 38.3 Å². The van der Waals surface area contributed by atoms with Crippen molar-refractivity contribution in [3.05, 3.63) is 36.0 Å². The number of unbranched alkanes of at least 4 members (excludes halogenated alkanes) is 3. The van der Waals surface area contributed by atoms with Crippen LogP contribution in [0.1, 0.15) is 51.5 Å². The number of hydrogen-bond donors (Lipinski definition) is 0. The second kappa shape index (κ2) is 10.9. The standard InChI is InChI=1S/C21H28F3N3O2/c1-4-6-10-14-29-20-25-15-16(21(22,23)24)19(26-20)27(3)17-11-8-9-12-18(17)28-13-7-5-2/h8-9,11-12,15H,4-7,10,13-14H2,1-3H3. The average molecular weight is 411 g/mol. The number of benzene rings is 1. The van der Waals surface area contributed by atoms with Crippen LogP contribution in [0, 0.1) is 0 Å². The van der Waals surface area contributed by atoms with Gasteiger partial charge in [0.25, 0.3) is 0 Å². The topological polar surface area (TPSA) is 47.5 Å². The number of aromatic nitrogens is 2. The minimum Gasteiger partial charge on any atom is -0.491 e. The SMILES string of the molecule is CCCCCOc1ncc(C(F)(F)F)c(N(C)c2ccccc2OCCCC)n1. The predicted molar refractivity (Wildman–Crippen MR) is 107 cm³/mol. The lowest BCUT2D eigenvalue weighted by atomic mass is 10.2. The van der Waals surface area contributed by atoms with Gasteiger partial charge in [0.05, 0.1) is 18.9 Å². The van der Waals surface area contributed by atoms with Gasteiger partial charge in [-0.3, -0.25) is 0 Å². The monoisotopic (exact) mass is 411 g/mol. The van der Waals surface area contributed by atoms with Crippen molar-refractivity contribution in [1.82, 2.24) is 9.97 Å². The maximum atomic E-state index is 13.6. The number of halogens is 3. The fourth-order valence-corrected chi connectivity index (χ4v) is 2.69. The Morgan fingerprint density at radius 1 is 0.966 bits per heavy atom. The number of alkyl halides is 3. The van der Waals surface area contributed by atoms with E-state index in [4.69, 9.17) is 9.47 Å². The Hall–Kier alpha value is -2.51. The smallest absolute Gasteiger partial charge is 0.421 e. The molecule has 0 atom stereocenters. The molecule has 0 aliphatic carbocycles. The van der Waals surface area contributed by atoms with Crippen molar-refractivity contribution in [2.45, 2.75) is 52.1 Å². The quantitative estimate of drug-likeness (QED) is 0.424. The summed E-state index contributed by atoms with van der Waals surface area (Å²) in [7, 11) is 1.53. The third-order valence-electron chi connectivity index (χ3n) is 4.33. The Bertz CT molecular complexity index is 769. The van der Waals surface area contributed by atoms with Gasteiger partial charge < -0.3 is 14.4 Å². The minimum absolute atomic E-state index is 0.0691. The minimum atomic E-state index is -4.59. The van der Waals surface area contributed by atoms with Crippen molar-refractivity contribution in [3.63, 3.8) is 0 Å². The molecule has 0 bridgehead atoms. The lowest BCUT2D eigenvalue weighted by Crippen LogP contribution is -2.20. The van der Waals surface area contributed by atoms with Crippen LogP contribution in [0.4, 0.5) is 24.7 Å². The van der Waals surface area contributed by atoms with E-state index in [-0.39, 0.29) is 11.8 Å². The molecule has 0 unspecified atom stereocenters. The van der Waals surface area contributed by atoms with Crippen LogP contribution in [-0.4, -0.2) is 30.2 Å². The van der Waals surface area contributed by atoms with Crippen LogP contribution in [0.3, 0.4) is 0 Å². The number of ether oxygens (including phenoxy) is 2. The maximum Gasteiger partial charge on any atom is 0.421 e. The highest BCUT2D eigenvalue weighted by Crippen LogP contribution is 2.40. The fraction of sp³-hybridized carbons (Fsp3) is 0.524. The van der Waals surface area contributed by atoms with Crippen LogP contribution in [0.15, 0.2) is 30.5 Å². The summed E-state index contributed by atoms with van der Waals surface area (Å²) in [6.07, 6.45) is 0.767. The second-order valence-corrected chi connectivity index (χ2v) is 6.67. The van der Waals surface area contributed by atoms with E-state index in [1.54, 1.807) is 24.3 Å². The summed E-state index contributed by atoms with van der Waals surface area (Å²) in [5, 5.41) is 0. The number of nitrogens with zero attached hydrogens (tertiary/aromatic N) is 3. The fourth-order valence-electron chi connectivity index (χ4n) is 2.69. The molecule has 2 aromatic rings. The zero-order valence-corrected chi connectivity index (χ0v) is 17.1. The van der Waals surface area contributed by atoms with E-state index >= 15 is 0 Å². The molecule has 0 spiro atoms. The van der Waals surface area contributed by atoms with Crippen LogP contribution in [-0.2, 0) is 6.18 Å². The van der Waals surface area contributed by atoms with Gasteiger partial charge in [-0.2, -0.15) is 18.2 Å². The van der Waals surface area contributed by atoms with Crippen molar-refractivity contribution in [2.24, 2.45) is 0 Å². The highest BCUT2D eigenvalue weighted by Gasteiger charge is 2.37. The van der Waals surface area contributed by atoms with Gasteiger partial charge in [-0.05, 0) is 25.0 Å². The first-order valence-corrected chi connectivity index (χ1v) is 9.91. The molecule has 1 heterocycles. The Kier molecular flexibility index (Phi) is 8.54. The zero-order valence-electron chi connectivity index (χ0n) is 17.1. The maximum absolute atomic E-state index is 13.6. The van der Waals surface area contributed by atoms with Crippen molar-refractivity contribution in [1.29, 1.82) is 0 Å². The predicted octanol–water partition coefficient (Wildman–Crippen LogP) is 6.01. The third kappa shape index (κ3) is 6.51. The highest BCUT2D eigenvalue weighted by atomic mass is 19.4. The summed E-state index contributed by atoms with van der Waals surface area (Å²) in [4.78, 5) is 9.18. The van der Waals surface area contributed by atoms with E-state index in [0.29, 0.717) is 24.7 Å². The lowest BCUT2D eigenvalue weighted by molar-refractivity contribution is -0.137. The van der Waals surface area contributed by atoms with Crippen molar-refractivity contribution >= 4 is 11.5 Å². The van der Waals surface area contributed by atoms with Gasteiger partial charge in [0.2, 0.25) is 0 Å². The highest BCUT2D eigenvalue weighted by molar-refractivity contribution is 5.68. The molecule has 8 heteroatoms. The van der Waals surface area contributed by atoms with Gasteiger partial charge in [-0.1, -0.05) is 45.2 Å². The summed E-state index contributed by atoms with van der Waals surface area (Å²) in [6.45, 7) is 4.95. The molecule has 0 saturated heterocycles. The van der Waals surface area contributed by atoms with Gasteiger partial charge >= 0.3 is 12.2 Å². The van der Waals surface area contributed by atoms with E-state index in [1.165, 1.54) is 11.9 Å². The largest absolute Gasteiger partial charge is 0.491 e. The number of para-hydroxylation sites is 2. The van der Waals surface area contributed by atoms with Gasteiger partial charge in [-0.25, -0.2) is 4.98 Å². The van der Waals surface area contributed by atoms with Gasteiger partial charge in [0.1, 0.15) is 11.3 Å². The second-order valence-electron chi connectivity index (χ2n) is 6.67. The Labute approximate surface area is 169 Å². The molecule has 0 aliphatic heterocycles. The molecule has 0 fully saturated rings. The summed E-state index contributed by atoms with van der Waals surface area (Å²) < 4.78 is 52.0. The normalized spacial score (nSPS) is 11.4. The molecule has 0 aliphatic rings. The van der Waals surface area contributed by atoms with Crippen molar-refractivity contribution < 1.29 is 22.6 Å². The van der Waals surface area contributed by atoms with Crippen LogP contribution < -0.4 is 14.4 Å². The molecule has 2 rings (SSSR count). The van der Waals surface area contributed by atoms with E-state index in [2.05, 4.69) is 16.9 Å². The van der Waals surface area contributed by atoms with Gasteiger partial charge in [0, 0.05) is 13.2 Å². The summed E-state index contributed by atoms with van der Waals surface area (Å²) in [6, 6.07) is 6.89. The van der Waals surface area contributed by atoms with Crippen LogP contribution in [0.2, 0.25) is 0 Å². The number of hydrogen-bond acceptors (Lipinski definition) is 5. The molecule has 1 aromatic carbocycles.